The van der Waals surface area contributed by atoms with Crippen molar-refractivity contribution in [3.05, 3.63) is 16.1 Å². The Morgan fingerprint density at radius 3 is 2.58 bits per heavy atom. The van der Waals surface area contributed by atoms with Crippen LogP contribution in [-0.4, -0.2) is 55.1 Å². The summed E-state index contributed by atoms with van der Waals surface area (Å²) in [4.78, 5) is 9.15. The highest BCUT2D eigenvalue weighted by Crippen LogP contribution is 2.15. The molecule has 0 aromatic carbocycles. The van der Waals surface area contributed by atoms with Crippen LogP contribution in [0.2, 0.25) is 0 Å². The van der Waals surface area contributed by atoms with E-state index in [1.165, 1.54) is 0 Å². The van der Waals surface area contributed by atoms with Crippen molar-refractivity contribution >= 4 is 51.3 Å². The number of rotatable bonds is 7. The summed E-state index contributed by atoms with van der Waals surface area (Å²) in [6.07, 6.45) is 2.53. The Bertz CT molecular complexity index is 670. The van der Waals surface area contributed by atoms with Crippen LogP contribution in [0.25, 0.3) is 0 Å². The molecule has 2 rings (SSSR count). The fourth-order valence-electron chi connectivity index (χ4n) is 2.72. The second-order valence-corrected chi connectivity index (χ2v) is 9.20. The molecule has 0 unspecified atom stereocenters. The topological polar surface area (TPSA) is 86.7 Å². The standard InChI is InChI=1S/C16H29N5O2S2.HI/c1-4-15-19-14(12-24-15)11-18-16(17-5-2)20-13-7-9-21(10-8-13)25(22,23)6-3;/h12-13H,4-11H2,1-3H3,(H2,17,18,20);1H. The van der Waals surface area contributed by atoms with Gasteiger partial charge >= 0.3 is 0 Å². The number of aromatic nitrogens is 1. The molecule has 150 valence electrons. The van der Waals surface area contributed by atoms with E-state index in [0.717, 1.165) is 42.5 Å². The molecule has 0 aliphatic carbocycles. The second-order valence-electron chi connectivity index (χ2n) is 6.00. The largest absolute Gasteiger partial charge is 0.357 e. The average Bonchev–Trinajstić information content (AvgIpc) is 3.08. The number of nitrogens with zero attached hydrogens (tertiary/aromatic N) is 3. The molecule has 0 saturated carbocycles. The first kappa shape index (κ1) is 23.6. The normalized spacial score (nSPS) is 17.0. The third kappa shape index (κ3) is 6.93. The number of aryl methyl sites for hydroxylation is 1. The van der Waals surface area contributed by atoms with Gasteiger partial charge in [-0.05, 0) is 33.1 Å². The molecule has 0 radical (unpaired) electrons. The van der Waals surface area contributed by atoms with E-state index in [0.29, 0.717) is 19.6 Å². The Kier molecular flexibility index (Phi) is 10.3. The van der Waals surface area contributed by atoms with Crippen molar-refractivity contribution in [2.24, 2.45) is 4.99 Å². The average molecular weight is 515 g/mol. The van der Waals surface area contributed by atoms with Gasteiger partial charge in [-0.25, -0.2) is 22.7 Å². The molecule has 1 aromatic rings. The Morgan fingerprint density at radius 2 is 2.04 bits per heavy atom. The molecular weight excluding hydrogens is 485 g/mol. The van der Waals surface area contributed by atoms with Crippen molar-refractivity contribution < 1.29 is 8.42 Å². The van der Waals surface area contributed by atoms with Crippen LogP contribution in [0, 0.1) is 0 Å². The molecule has 1 aromatic heterocycles. The first-order valence-corrected chi connectivity index (χ1v) is 11.4. The van der Waals surface area contributed by atoms with Gasteiger partial charge in [-0.15, -0.1) is 35.3 Å². The molecule has 7 nitrogen and oxygen atoms in total. The molecule has 0 amide bonds. The SMILES string of the molecule is CCNC(=NCc1csc(CC)n1)NC1CCN(S(=O)(=O)CC)CC1.I. The number of hydrogen-bond acceptors (Lipinski definition) is 5. The summed E-state index contributed by atoms with van der Waals surface area (Å²) < 4.78 is 25.5. The van der Waals surface area contributed by atoms with Crippen LogP contribution < -0.4 is 10.6 Å². The number of thiazole rings is 1. The highest BCUT2D eigenvalue weighted by Gasteiger charge is 2.26. The Balaban J connectivity index is 0.00000338. The number of hydrogen-bond donors (Lipinski definition) is 2. The summed E-state index contributed by atoms with van der Waals surface area (Å²) in [5.41, 5.74) is 0.989. The molecule has 26 heavy (non-hydrogen) atoms. The van der Waals surface area contributed by atoms with Crippen LogP contribution in [0.4, 0.5) is 0 Å². The van der Waals surface area contributed by atoms with Crippen molar-refractivity contribution in [3.8, 4) is 0 Å². The summed E-state index contributed by atoms with van der Waals surface area (Å²) in [6.45, 7) is 8.30. The van der Waals surface area contributed by atoms with Gasteiger partial charge in [0, 0.05) is 31.1 Å². The minimum absolute atomic E-state index is 0. The smallest absolute Gasteiger partial charge is 0.213 e. The van der Waals surface area contributed by atoms with Crippen molar-refractivity contribution in [2.75, 3.05) is 25.4 Å². The summed E-state index contributed by atoms with van der Waals surface area (Å²) in [5, 5.41) is 9.87. The first-order valence-electron chi connectivity index (χ1n) is 8.94. The predicted molar refractivity (Wildman–Crippen MR) is 119 cm³/mol. The van der Waals surface area contributed by atoms with Crippen LogP contribution in [0.5, 0.6) is 0 Å². The van der Waals surface area contributed by atoms with Gasteiger partial charge in [-0.2, -0.15) is 0 Å². The third-order valence-corrected chi connectivity index (χ3v) is 7.12. The Hall–Kier alpha value is -0.460. The molecule has 2 heterocycles. The molecular formula is C16H30IN5O2S2. The number of sulfonamides is 1. The minimum atomic E-state index is -3.08. The van der Waals surface area contributed by atoms with Crippen LogP contribution in [0.3, 0.4) is 0 Å². The van der Waals surface area contributed by atoms with Crippen LogP contribution in [0.1, 0.15) is 44.3 Å². The van der Waals surface area contributed by atoms with E-state index < -0.39 is 10.0 Å². The summed E-state index contributed by atoms with van der Waals surface area (Å²) >= 11 is 1.67. The molecule has 1 aliphatic rings. The van der Waals surface area contributed by atoms with Gasteiger partial charge in [0.1, 0.15) is 0 Å². The van der Waals surface area contributed by atoms with Crippen molar-refractivity contribution in [1.82, 2.24) is 19.9 Å². The number of nitrogens with one attached hydrogen (secondary N) is 2. The van der Waals surface area contributed by atoms with Gasteiger partial charge in [0.05, 0.1) is 23.0 Å². The summed E-state index contributed by atoms with van der Waals surface area (Å²) in [5.74, 6) is 0.938. The summed E-state index contributed by atoms with van der Waals surface area (Å²) in [7, 11) is -3.08. The first-order chi connectivity index (χ1) is 12.0. The lowest BCUT2D eigenvalue weighted by Crippen LogP contribution is -2.50. The number of aliphatic imine (C=N–C) groups is 1. The lowest BCUT2D eigenvalue weighted by atomic mass is 10.1. The van der Waals surface area contributed by atoms with Gasteiger partial charge in [0.25, 0.3) is 0 Å². The van der Waals surface area contributed by atoms with E-state index in [4.69, 9.17) is 0 Å². The highest BCUT2D eigenvalue weighted by molar-refractivity contribution is 14.0. The third-order valence-electron chi connectivity index (χ3n) is 4.20. The molecule has 0 bridgehead atoms. The van der Waals surface area contributed by atoms with Crippen LogP contribution in [0.15, 0.2) is 10.4 Å². The van der Waals surface area contributed by atoms with E-state index in [1.54, 1.807) is 22.6 Å². The molecule has 2 N–H and O–H groups in total. The molecule has 10 heteroatoms. The zero-order valence-electron chi connectivity index (χ0n) is 15.7. The quantitative estimate of drug-likeness (QED) is 0.331. The minimum Gasteiger partial charge on any atom is -0.357 e. The van der Waals surface area contributed by atoms with Crippen LogP contribution >= 0.6 is 35.3 Å². The van der Waals surface area contributed by atoms with E-state index in [-0.39, 0.29) is 35.8 Å². The van der Waals surface area contributed by atoms with E-state index >= 15 is 0 Å². The number of guanidine groups is 1. The fraction of sp³-hybridized carbons (Fsp3) is 0.750. The van der Waals surface area contributed by atoms with Gasteiger partial charge in [0.2, 0.25) is 10.0 Å². The van der Waals surface area contributed by atoms with E-state index in [9.17, 15) is 8.42 Å². The predicted octanol–water partition coefficient (Wildman–Crippen LogP) is 2.19. The second kappa shape index (κ2) is 11.4. The number of piperidine rings is 1. The Morgan fingerprint density at radius 1 is 1.35 bits per heavy atom. The molecule has 1 aliphatic heterocycles. The monoisotopic (exact) mass is 515 g/mol. The van der Waals surface area contributed by atoms with Crippen LogP contribution in [-0.2, 0) is 23.0 Å². The lowest BCUT2D eigenvalue weighted by Gasteiger charge is -2.32. The maximum Gasteiger partial charge on any atom is 0.213 e. The molecule has 0 atom stereocenters. The zero-order chi connectivity index (χ0) is 18.3. The molecule has 1 fully saturated rings. The van der Waals surface area contributed by atoms with Crippen molar-refractivity contribution in [1.29, 1.82) is 0 Å². The maximum absolute atomic E-state index is 11.9. The fourth-order valence-corrected chi connectivity index (χ4v) is 4.59. The summed E-state index contributed by atoms with van der Waals surface area (Å²) in [6, 6.07) is 0.239. The maximum atomic E-state index is 11.9. The van der Waals surface area contributed by atoms with Crippen molar-refractivity contribution in [2.45, 2.75) is 52.6 Å². The van der Waals surface area contributed by atoms with Gasteiger partial charge in [0.15, 0.2) is 5.96 Å². The number of halogens is 1. The Labute approximate surface area is 178 Å². The van der Waals surface area contributed by atoms with Gasteiger partial charge in [-0.3, -0.25) is 0 Å². The van der Waals surface area contributed by atoms with Crippen molar-refractivity contribution in [3.63, 3.8) is 0 Å². The van der Waals surface area contributed by atoms with Gasteiger partial charge < -0.3 is 10.6 Å². The van der Waals surface area contributed by atoms with Gasteiger partial charge in [-0.1, -0.05) is 6.92 Å². The highest BCUT2D eigenvalue weighted by atomic mass is 127. The zero-order valence-corrected chi connectivity index (χ0v) is 19.7. The van der Waals surface area contributed by atoms with E-state index in [1.807, 2.05) is 6.92 Å². The lowest BCUT2D eigenvalue weighted by molar-refractivity contribution is 0.306. The molecule has 1 saturated heterocycles. The molecule has 0 spiro atoms. The van der Waals surface area contributed by atoms with E-state index in [2.05, 4.69) is 32.9 Å².